The predicted octanol–water partition coefficient (Wildman–Crippen LogP) is 4.64. The third-order valence-corrected chi connectivity index (χ3v) is 6.62. The third-order valence-electron chi connectivity index (χ3n) is 6.62. The van der Waals surface area contributed by atoms with Gasteiger partial charge in [0.15, 0.2) is 0 Å². The lowest BCUT2D eigenvalue weighted by Crippen LogP contribution is -2.29. The third kappa shape index (κ3) is 5.35. The van der Waals surface area contributed by atoms with Crippen molar-refractivity contribution < 1.29 is 4.74 Å². The summed E-state index contributed by atoms with van der Waals surface area (Å²) in [6.07, 6.45) is 5.19. The fraction of sp³-hybridized carbons (Fsp3) is 0.321. The average molecular weight is 467 g/mol. The molecule has 2 aromatic carbocycles. The fourth-order valence-corrected chi connectivity index (χ4v) is 4.69. The molecule has 0 amide bonds. The van der Waals surface area contributed by atoms with Crippen molar-refractivity contribution in [3.63, 3.8) is 0 Å². The van der Waals surface area contributed by atoms with Crippen molar-refractivity contribution in [3.05, 3.63) is 77.5 Å². The zero-order valence-electron chi connectivity index (χ0n) is 20.1. The summed E-state index contributed by atoms with van der Waals surface area (Å²) in [4.78, 5) is 7.01. The molecule has 0 radical (unpaired) electrons. The van der Waals surface area contributed by atoms with Crippen molar-refractivity contribution in [2.75, 3.05) is 38.7 Å². The van der Waals surface area contributed by atoms with E-state index in [-0.39, 0.29) is 0 Å². The van der Waals surface area contributed by atoms with Gasteiger partial charge in [-0.25, -0.2) is 9.50 Å². The van der Waals surface area contributed by atoms with Gasteiger partial charge in [-0.15, -0.1) is 5.10 Å². The second-order valence-electron chi connectivity index (χ2n) is 8.94. The number of aryl methyl sites for hydroxylation is 1. The van der Waals surface area contributed by atoms with Crippen molar-refractivity contribution in [2.45, 2.75) is 25.7 Å². The van der Waals surface area contributed by atoms with Crippen LogP contribution in [0.3, 0.4) is 0 Å². The molecule has 7 nitrogen and oxygen atoms in total. The molecule has 0 atom stereocenters. The molecule has 35 heavy (non-hydrogen) atoms. The first-order valence-corrected chi connectivity index (χ1v) is 12.1. The summed E-state index contributed by atoms with van der Waals surface area (Å²) in [7, 11) is 1.76. The van der Waals surface area contributed by atoms with Gasteiger partial charge >= 0.3 is 0 Å². The number of methoxy groups -OCH3 is 1. The molecule has 7 heteroatoms. The molecule has 178 valence electrons. The summed E-state index contributed by atoms with van der Waals surface area (Å²) in [5.41, 5.74) is 7.96. The van der Waals surface area contributed by atoms with E-state index in [9.17, 15) is 0 Å². The highest BCUT2D eigenvalue weighted by Gasteiger charge is 2.15. The number of benzene rings is 2. The zero-order valence-corrected chi connectivity index (χ0v) is 20.1. The van der Waals surface area contributed by atoms with E-state index in [1.165, 1.54) is 11.1 Å². The minimum absolute atomic E-state index is 0.514. The predicted molar refractivity (Wildman–Crippen MR) is 138 cm³/mol. The molecule has 4 aromatic rings. The lowest BCUT2D eigenvalue weighted by atomic mass is 10.0. The second-order valence-corrected chi connectivity index (χ2v) is 8.94. The van der Waals surface area contributed by atoms with Gasteiger partial charge < -0.3 is 15.0 Å². The zero-order chi connectivity index (χ0) is 24.0. The highest BCUT2D eigenvalue weighted by molar-refractivity contribution is 5.67. The number of anilines is 2. The number of ether oxygens (including phenoxy) is 1. The number of nitriles is 1. The summed E-state index contributed by atoms with van der Waals surface area (Å²) in [5, 5.41) is 17.1. The van der Waals surface area contributed by atoms with Crippen LogP contribution < -0.4 is 5.32 Å². The Balaban J connectivity index is 1.36. The average Bonchev–Trinajstić information content (AvgIpc) is 3.20. The molecule has 3 heterocycles. The number of rotatable bonds is 8. The molecule has 0 fully saturated rings. The SMILES string of the molecule is COCCN1CCc2ccc(Nc3ncc4ccc(-c5cccc(CCC#N)c5)n4n3)cc2CC1. The molecular weight excluding hydrogens is 436 g/mol. The second kappa shape index (κ2) is 10.7. The van der Waals surface area contributed by atoms with Gasteiger partial charge in [0.2, 0.25) is 5.95 Å². The molecule has 0 aliphatic carbocycles. The Morgan fingerprint density at radius 3 is 2.80 bits per heavy atom. The minimum atomic E-state index is 0.514. The van der Waals surface area contributed by atoms with Gasteiger partial charge in [0.1, 0.15) is 0 Å². The van der Waals surface area contributed by atoms with Crippen LogP contribution in [-0.2, 0) is 24.0 Å². The van der Waals surface area contributed by atoms with E-state index >= 15 is 0 Å². The van der Waals surface area contributed by atoms with E-state index in [2.05, 4.69) is 63.7 Å². The van der Waals surface area contributed by atoms with Crippen molar-refractivity contribution in [1.82, 2.24) is 19.5 Å². The Hall–Kier alpha value is -3.73. The fourth-order valence-electron chi connectivity index (χ4n) is 4.69. The van der Waals surface area contributed by atoms with Crippen LogP contribution in [0.1, 0.15) is 23.1 Å². The van der Waals surface area contributed by atoms with E-state index in [0.717, 1.165) is 73.5 Å². The largest absolute Gasteiger partial charge is 0.383 e. The summed E-state index contributed by atoms with van der Waals surface area (Å²) < 4.78 is 7.18. The molecule has 0 saturated carbocycles. The summed E-state index contributed by atoms with van der Waals surface area (Å²) in [6, 6.07) is 21.2. The Morgan fingerprint density at radius 2 is 1.94 bits per heavy atom. The van der Waals surface area contributed by atoms with E-state index in [1.807, 2.05) is 22.8 Å². The molecule has 0 unspecified atom stereocenters. The highest BCUT2D eigenvalue weighted by atomic mass is 16.5. The van der Waals surface area contributed by atoms with Gasteiger partial charge in [0.25, 0.3) is 0 Å². The van der Waals surface area contributed by atoms with Crippen molar-refractivity contribution in [2.24, 2.45) is 0 Å². The number of hydrogen-bond acceptors (Lipinski definition) is 6. The Kier molecular flexibility index (Phi) is 7.03. The molecule has 2 aromatic heterocycles. The maximum Gasteiger partial charge on any atom is 0.245 e. The first-order chi connectivity index (χ1) is 17.2. The molecule has 0 bridgehead atoms. The van der Waals surface area contributed by atoms with Crippen molar-refractivity contribution in [3.8, 4) is 17.3 Å². The molecule has 0 saturated heterocycles. The van der Waals surface area contributed by atoms with Crippen LogP contribution in [-0.4, -0.2) is 52.8 Å². The maximum absolute atomic E-state index is 8.91. The van der Waals surface area contributed by atoms with Crippen LogP contribution in [0.5, 0.6) is 0 Å². The quantitative estimate of drug-likeness (QED) is 0.408. The monoisotopic (exact) mass is 466 g/mol. The van der Waals surface area contributed by atoms with Crippen LogP contribution in [0, 0.1) is 11.3 Å². The number of aromatic nitrogens is 3. The van der Waals surface area contributed by atoms with Gasteiger partial charge in [-0.05, 0) is 66.3 Å². The molecule has 1 N–H and O–H groups in total. The maximum atomic E-state index is 8.91. The smallest absolute Gasteiger partial charge is 0.245 e. The van der Waals surface area contributed by atoms with Gasteiger partial charge in [-0.1, -0.05) is 24.3 Å². The van der Waals surface area contributed by atoms with Gasteiger partial charge in [0, 0.05) is 44.4 Å². The Bertz CT molecular complexity index is 1360. The van der Waals surface area contributed by atoms with E-state index < -0.39 is 0 Å². The van der Waals surface area contributed by atoms with Crippen molar-refractivity contribution in [1.29, 1.82) is 5.26 Å². The van der Waals surface area contributed by atoms with Gasteiger partial charge in [-0.2, -0.15) is 5.26 Å². The molecule has 1 aliphatic rings. The van der Waals surface area contributed by atoms with E-state index in [0.29, 0.717) is 12.4 Å². The van der Waals surface area contributed by atoms with Gasteiger partial charge in [0.05, 0.1) is 30.1 Å². The summed E-state index contributed by atoms with van der Waals surface area (Å²) in [5.74, 6) is 0.561. The number of nitrogens with zero attached hydrogens (tertiary/aromatic N) is 5. The number of fused-ring (bicyclic) bond motifs is 2. The summed E-state index contributed by atoms with van der Waals surface area (Å²) in [6.45, 7) is 3.86. The van der Waals surface area contributed by atoms with Gasteiger partial charge in [-0.3, -0.25) is 0 Å². The number of hydrogen-bond donors (Lipinski definition) is 1. The lowest BCUT2D eigenvalue weighted by molar-refractivity contribution is 0.150. The summed E-state index contributed by atoms with van der Waals surface area (Å²) >= 11 is 0. The van der Waals surface area contributed by atoms with Crippen LogP contribution in [0.25, 0.3) is 16.8 Å². The molecule has 0 spiro atoms. The Labute approximate surface area is 206 Å². The van der Waals surface area contributed by atoms with Crippen LogP contribution >= 0.6 is 0 Å². The molecular formula is C28H30N6O. The minimum Gasteiger partial charge on any atom is -0.383 e. The topological polar surface area (TPSA) is 78.5 Å². The van der Waals surface area contributed by atoms with E-state index in [1.54, 1.807) is 7.11 Å². The Morgan fingerprint density at radius 1 is 1.06 bits per heavy atom. The number of nitrogens with one attached hydrogen (secondary N) is 1. The molecule has 1 aliphatic heterocycles. The molecule has 5 rings (SSSR count). The highest BCUT2D eigenvalue weighted by Crippen LogP contribution is 2.25. The first kappa shape index (κ1) is 23.0. The van der Waals surface area contributed by atoms with Crippen molar-refractivity contribution >= 4 is 17.2 Å². The first-order valence-electron chi connectivity index (χ1n) is 12.1. The standard InChI is InChI=1S/C28H30N6O/c1-35-17-16-33-14-11-22-7-8-25(19-23(22)12-15-33)31-28-30-20-26-9-10-27(34(26)32-28)24-6-2-4-21(18-24)5-3-13-29/h2,4,6-10,18-20H,3,5,11-12,14-17H2,1H3,(H,31,32). The van der Waals surface area contributed by atoms with Crippen LogP contribution in [0.2, 0.25) is 0 Å². The van der Waals surface area contributed by atoms with E-state index in [4.69, 9.17) is 15.1 Å². The lowest BCUT2D eigenvalue weighted by Gasteiger charge is -2.18. The van der Waals surface area contributed by atoms with Crippen LogP contribution in [0.15, 0.2) is 60.8 Å². The van der Waals surface area contributed by atoms with Crippen LogP contribution in [0.4, 0.5) is 11.6 Å². The normalized spacial score (nSPS) is 13.8.